The average Bonchev–Trinajstić information content (AvgIpc) is 2.98. The van der Waals surface area contributed by atoms with Gasteiger partial charge in [-0.15, -0.1) is 0 Å². The highest BCUT2D eigenvalue weighted by Crippen LogP contribution is 2.14. The molecule has 1 heterocycles. The molecule has 15 heteroatoms. The van der Waals surface area contributed by atoms with Crippen LogP contribution in [0.3, 0.4) is 0 Å². The third-order valence-electron chi connectivity index (χ3n) is 6.53. The summed E-state index contributed by atoms with van der Waals surface area (Å²) in [6.07, 6.45) is -1.47. The van der Waals surface area contributed by atoms with Gasteiger partial charge in [-0.3, -0.25) is 4.79 Å². The zero-order chi connectivity index (χ0) is 31.4. The zero-order valence-corrected chi connectivity index (χ0v) is 23.1. The van der Waals surface area contributed by atoms with Gasteiger partial charge in [-0.2, -0.15) is 0 Å². The number of amides is 5. The van der Waals surface area contributed by atoms with Gasteiger partial charge >= 0.3 is 36.1 Å². The Bertz CT molecular complexity index is 1300. The molecule has 0 aromatic heterocycles. The predicted molar refractivity (Wildman–Crippen MR) is 150 cm³/mol. The summed E-state index contributed by atoms with van der Waals surface area (Å²) in [4.78, 5) is 74.0. The van der Waals surface area contributed by atoms with E-state index >= 15 is 0 Å². The molecule has 2 aromatic carbocycles. The number of rotatable bonds is 12. The van der Waals surface area contributed by atoms with Gasteiger partial charge in [-0.05, 0) is 29.7 Å². The molecule has 2 aromatic rings. The van der Waals surface area contributed by atoms with Gasteiger partial charge < -0.3 is 45.8 Å². The summed E-state index contributed by atoms with van der Waals surface area (Å²) >= 11 is 0. The fourth-order valence-corrected chi connectivity index (χ4v) is 4.15. The lowest BCUT2D eigenvalue weighted by molar-refractivity contribution is -0.140. The summed E-state index contributed by atoms with van der Waals surface area (Å²) in [5.41, 5.74) is 1.83. The van der Waals surface area contributed by atoms with Crippen LogP contribution < -0.4 is 16.0 Å². The number of urea groups is 2. The van der Waals surface area contributed by atoms with Crippen LogP contribution in [-0.4, -0.2) is 99.4 Å². The molecule has 43 heavy (non-hydrogen) atoms. The van der Waals surface area contributed by atoms with E-state index in [1.807, 2.05) is 30.3 Å². The van der Waals surface area contributed by atoms with E-state index in [9.17, 15) is 33.9 Å². The second kappa shape index (κ2) is 15.6. The quantitative estimate of drug-likeness (QED) is 0.208. The Hall–Kier alpha value is -5.34. The summed E-state index contributed by atoms with van der Waals surface area (Å²) in [6, 6.07) is 11.2. The Kier molecular flexibility index (Phi) is 11.7. The van der Waals surface area contributed by atoms with E-state index in [1.54, 1.807) is 29.2 Å². The predicted octanol–water partition coefficient (Wildman–Crippen LogP) is 1.79. The molecule has 5 amide bonds. The molecule has 2 atom stereocenters. The Morgan fingerprint density at radius 1 is 0.744 bits per heavy atom. The number of carbonyl (C=O) groups excluding carboxylic acids is 3. The van der Waals surface area contributed by atoms with Crippen LogP contribution in [0.15, 0.2) is 54.6 Å². The van der Waals surface area contributed by atoms with Crippen molar-refractivity contribution in [3.05, 3.63) is 65.7 Å². The molecule has 0 saturated carbocycles. The molecule has 1 unspecified atom stereocenters. The van der Waals surface area contributed by atoms with Crippen molar-refractivity contribution in [3.8, 4) is 0 Å². The minimum atomic E-state index is -1.51. The summed E-state index contributed by atoms with van der Waals surface area (Å²) in [5, 5.41) is 34.4. The number of hydrogen-bond donors (Lipinski definition) is 6. The molecule has 1 aliphatic heterocycles. The third-order valence-corrected chi connectivity index (χ3v) is 6.53. The molecule has 0 bridgehead atoms. The number of nitrogens with zero attached hydrogens (tertiary/aromatic N) is 2. The van der Waals surface area contributed by atoms with E-state index in [0.29, 0.717) is 37.4 Å². The summed E-state index contributed by atoms with van der Waals surface area (Å²) in [7, 11) is 0. The van der Waals surface area contributed by atoms with E-state index in [0.717, 1.165) is 5.56 Å². The number of carboxylic acids is 3. The molecule has 1 saturated heterocycles. The molecule has 1 fully saturated rings. The molecule has 0 spiro atoms. The standard InChI is InChI=1S/C28H33N5O10/c34-23(35)11-10-21(24(36)37)30-26(40)31-22(25(38)39)16-18-6-8-20(9-7-18)29-27(41)32-12-14-33(15-13-32)28(42)43-17-19-4-2-1-3-5-19/h1-9,21-22H,10-17H2,(H,29,41)(H,34,35)(H,36,37)(H,38,39)(H2,30,31,40)/t21?,22-/m0/s1. The number of hydrogen-bond acceptors (Lipinski definition) is 7. The highest BCUT2D eigenvalue weighted by molar-refractivity contribution is 5.89. The molecule has 0 radical (unpaired) electrons. The van der Waals surface area contributed by atoms with Crippen molar-refractivity contribution >= 4 is 41.8 Å². The zero-order valence-electron chi connectivity index (χ0n) is 23.1. The molecule has 3 rings (SSSR count). The van der Waals surface area contributed by atoms with Gasteiger partial charge in [0, 0.05) is 44.7 Å². The van der Waals surface area contributed by atoms with E-state index in [2.05, 4.69) is 16.0 Å². The first-order chi connectivity index (χ1) is 20.5. The summed E-state index contributed by atoms with van der Waals surface area (Å²) in [5.74, 6) is -4.06. The van der Waals surface area contributed by atoms with Crippen LogP contribution in [-0.2, 0) is 32.1 Å². The van der Waals surface area contributed by atoms with Crippen LogP contribution in [0, 0.1) is 0 Å². The normalized spacial score (nSPS) is 14.1. The molecule has 15 nitrogen and oxygen atoms in total. The Morgan fingerprint density at radius 3 is 1.91 bits per heavy atom. The molecular formula is C28H33N5O10. The van der Waals surface area contributed by atoms with Crippen LogP contribution in [0.2, 0.25) is 0 Å². The van der Waals surface area contributed by atoms with Crippen LogP contribution in [0.5, 0.6) is 0 Å². The maximum absolute atomic E-state index is 12.7. The number of benzene rings is 2. The number of aliphatic carboxylic acids is 3. The van der Waals surface area contributed by atoms with Crippen molar-refractivity contribution < 1.29 is 48.8 Å². The summed E-state index contributed by atoms with van der Waals surface area (Å²) < 4.78 is 5.34. The number of carbonyl (C=O) groups is 6. The number of ether oxygens (including phenoxy) is 1. The number of piperazine rings is 1. The fraction of sp³-hybridized carbons (Fsp3) is 0.357. The highest BCUT2D eigenvalue weighted by Gasteiger charge is 2.27. The van der Waals surface area contributed by atoms with Gasteiger partial charge in [0.25, 0.3) is 0 Å². The second-order valence-corrected chi connectivity index (χ2v) is 9.68. The lowest BCUT2D eigenvalue weighted by atomic mass is 10.1. The summed E-state index contributed by atoms with van der Waals surface area (Å²) in [6.45, 7) is 1.38. The van der Waals surface area contributed by atoms with E-state index in [1.165, 1.54) is 4.90 Å². The van der Waals surface area contributed by atoms with Crippen molar-refractivity contribution in [3.63, 3.8) is 0 Å². The number of anilines is 1. The first kappa shape index (κ1) is 32.2. The Labute approximate surface area is 246 Å². The lowest BCUT2D eigenvalue weighted by Gasteiger charge is -2.34. The van der Waals surface area contributed by atoms with Gasteiger partial charge in [-0.25, -0.2) is 24.0 Å². The van der Waals surface area contributed by atoms with Crippen molar-refractivity contribution in [1.82, 2.24) is 20.4 Å². The third kappa shape index (κ3) is 10.5. The number of carboxylic acid groups (broad SMARTS) is 3. The molecular weight excluding hydrogens is 566 g/mol. The average molecular weight is 600 g/mol. The molecule has 0 aliphatic carbocycles. The highest BCUT2D eigenvalue weighted by atomic mass is 16.6. The van der Waals surface area contributed by atoms with E-state index in [4.69, 9.17) is 14.9 Å². The minimum Gasteiger partial charge on any atom is -0.481 e. The van der Waals surface area contributed by atoms with Crippen LogP contribution in [0.25, 0.3) is 0 Å². The Morgan fingerprint density at radius 2 is 1.33 bits per heavy atom. The van der Waals surface area contributed by atoms with Crippen molar-refractivity contribution in [1.29, 1.82) is 0 Å². The maximum Gasteiger partial charge on any atom is 0.410 e. The minimum absolute atomic E-state index is 0.147. The maximum atomic E-state index is 12.7. The van der Waals surface area contributed by atoms with E-state index < -0.39 is 48.5 Å². The molecule has 1 aliphatic rings. The number of nitrogens with one attached hydrogen (secondary N) is 3. The molecule has 230 valence electrons. The monoisotopic (exact) mass is 599 g/mol. The second-order valence-electron chi connectivity index (χ2n) is 9.68. The van der Waals surface area contributed by atoms with Crippen molar-refractivity contribution in [2.45, 2.75) is 38.0 Å². The van der Waals surface area contributed by atoms with Crippen molar-refractivity contribution in [2.75, 3.05) is 31.5 Å². The van der Waals surface area contributed by atoms with Crippen LogP contribution >= 0.6 is 0 Å². The largest absolute Gasteiger partial charge is 0.481 e. The van der Waals surface area contributed by atoms with Gasteiger partial charge in [0.05, 0.1) is 0 Å². The van der Waals surface area contributed by atoms with E-state index in [-0.39, 0.29) is 25.5 Å². The van der Waals surface area contributed by atoms with Crippen molar-refractivity contribution in [2.24, 2.45) is 0 Å². The molecule has 6 N–H and O–H groups in total. The fourth-order valence-electron chi connectivity index (χ4n) is 4.15. The first-order valence-corrected chi connectivity index (χ1v) is 13.4. The SMILES string of the molecule is O=C(O)CCC(NC(=O)N[C@@H](Cc1ccc(NC(=O)N2CCN(C(=O)OCc3ccccc3)CC2)cc1)C(=O)O)C(=O)O. The Balaban J connectivity index is 1.45. The van der Waals surface area contributed by atoms with Gasteiger partial charge in [-0.1, -0.05) is 42.5 Å². The van der Waals surface area contributed by atoms with Crippen LogP contribution in [0.1, 0.15) is 24.0 Å². The van der Waals surface area contributed by atoms with Gasteiger partial charge in [0.1, 0.15) is 18.7 Å². The first-order valence-electron chi connectivity index (χ1n) is 13.4. The van der Waals surface area contributed by atoms with Gasteiger partial charge in [0.2, 0.25) is 0 Å². The van der Waals surface area contributed by atoms with Crippen LogP contribution in [0.4, 0.5) is 20.1 Å². The topological polar surface area (TPSA) is 215 Å². The van der Waals surface area contributed by atoms with Gasteiger partial charge in [0.15, 0.2) is 0 Å². The lowest BCUT2D eigenvalue weighted by Crippen LogP contribution is -2.51. The smallest absolute Gasteiger partial charge is 0.410 e.